The van der Waals surface area contributed by atoms with Crippen LogP contribution in [-0.2, 0) is 15.8 Å². The van der Waals surface area contributed by atoms with E-state index in [1.54, 1.807) is 24.3 Å². The van der Waals surface area contributed by atoms with Crippen molar-refractivity contribution >= 4 is 30.1 Å². The highest BCUT2D eigenvalue weighted by molar-refractivity contribution is 7.48. The minimum absolute atomic E-state index is 0.223. The molecule has 0 aromatic heterocycles. The van der Waals surface area contributed by atoms with Gasteiger partial charge in [0.25, 0.3) is 0 Å². The van der Waals surface area contributed by atoms with E-state index in [-0.39, 0.29) is 11.7 Å². The Morgan fingerprint density at radius 1 is 1.18 bits per heavy atom. The molecule has 0 amide bonds. The Balaban J connectivity index is 2.72. The van der Waals surface area contributed by atoms with Crippen LogP contribution in [0.1, 0.15) is 5.56 Å². The third-order valence-corrected chi connectivity index (χ3v) is 3.43. The fourth-order valence-electron chi connectivity index (χ4n) is 1.83. The molecule has 4 nitrogen and oxygen atoms in total. The van der Waals surface area contributed by atoms with Gasteiger partial charge in [-0.25, -0.2) is 0 Å². The van der Waals surface area contributed by atoms with E-state index in [2.05, 4.69) is 0 Å². The number of hydrogen-bond donors (Lipinski definition) is 2. The molecule has 1 atom stereocenters. The zero-order valence-electron chi connectivity index (χ0n) is 8.83. The molecule has 0 fully saturated rings. The molecule has 2 rings (SSSR count). The van der Waals surface area contributed by atoms with Crippen LogP contribution in [0.2, 0.25) is 0 Å². The van der Waals surface area contributed by atoms with Crippen molar-refractivity contribution in [3.63, 3.8) is 0 Å². The van der Waals surface area contributed by atoms with Crippen molar-refractivity contribution in [2.24, 2.45) is 0 Å². The Hall–Kier alpha value is -1.77. The zero-order chi connectivity index (χ0) is 12.4. The molecule has 2 aromatic carbocycles. The van der Waals surface area contributed by atoms with E-state index >= 15 is 0 Å². The van der Waals surface area contributed by atoms with Crippen LogP contribution in [-0.4, -0.2) is 16.0 Å². The number of aliphatic carboxylic acids is 1. The van der Waals surface area contributed by atoms with E-state index in [9.17, 15) is 14.3 Å². The molecule has 0 aliphatic rings. The largest absolute Gasteiger partial charge is 0.547 e. The molecule has 0 radical (unpaired) electrons. The van der Waals surface area contributed by atoms with E-state index in [0.29, 0.717) is 10.9 Å². The SMILES string of the molecule is O=C(O)Cc1ccc2ccccc2c1[P+](=O)O. The minimum atomic E-state index is -2.56. The van der Waals surface area contributed by atoms with Crippen LogP contribution in [0.25, 0.3) is 10.8 Å². The normalized spacial score (nSPS) is 11.5. The molecule has 0 heterocycles. The standard InChI is InChI=1S/C12H9O4P/c13-11(14)7-9-6-5-8-3-1-2-4-10(8)12(9)17(15)16/h1-6H,7H2,(H-,13,14,15,16)/p+1. The highest BCUT2D eigenvalue weighted by Gasteiger charge is 2.26. The predicted octanol–water partition coefficient (Wildman–Crippen LogP) is 1.83. The van der Waals surface area contributed by atoms with Gasteiger partial charge in [0.15, 0.2) is 0 Å². The predicted molar refractivity (Wildman–Crippen MR) is 64.7 cm³/mol. The number of rotatable bonds is 3. The summed E-state index contributed by atoms with van der Waals surface area (Å²) in [4.78, 5) is 20.0. The number of fused-ring (bicyclic) bond motifs is 1. The lowest BCUT2D eigenvalue weighted by Crippen LogP contribution is -2.12. The van der Waals surface area contributed by atoms with Crippen LogP contribution in [0.3, 0.4) is 0 Å². The maximum absolute atomic E-state index is 11.4. The number of benzene rings is 2. The summed E-state index contributed by atoms with van der Waals surface area (Å²) >= 11 is 0. The molecule has 0 saturated carbocycles. The lowest BCUT2D eigenvalue weighted by molar-refractivity contribution is -0.136. The van der Waals surface area contributed by atoms with Crippen LogP contribution in [0.15, 0.2) is 36.4 Å². The third-order valence-electron chi connectivity index (χ3n) is 2.52. The van der Waals surface area contributed by atoms with Gasteiger partial charge in [-0.15, -0.1) is 0 Å². The molecular formula is C12H10O4P+. The van der Waals surface area contributed by atoms with Crippen molar-refractivity contribution in [3.05, 3.63) is 42.0 Å². The van der Waals surface area contributed by atoms with Gasteiger partial charge in [0.2, 0.25) is 5.30 Å². The Kier molecular flexibility index (Phi) is 3.18. The summed E-state index contributed by atoms with van der Waals surface area (Å²) in [6.07, 6.45) is -0.248. The highest BCUT2D eigenvalue weighted by atomic mass is 31.1. The molecule has 17 heavy (non-hydrogen) atoms. The van der Waals surface area contributed by atoms with Crippen molar-refractivity contribution in [1.82, 2.24) is 0 Å². The Bertz CT molecular complexity index is 606. The number of carboxylic acid groups (broad SMARTS) is 1. The third kappa shape index (κ3) is 2.33. The summed E-state index contributed by atoms with van der Waals surface area (Å²) in [5, 5.41) is 10.5. The first-order valence-corrected chi connectivity index (χ1v) is 6.19. The Morgan fingerprint density at radius 3 is 2.53 bits per heavy atom. The van der Waals surface area contributed by atoms with Gasteiger partial charge < -0.3 is 5.11 Å². The van der Waals surface area contributed by atoms with E-state index in [1.807, 2.05) is 12.1 Å². The first-order valence-electron chi connectivity index (χ1n) is 4.98. The molecule has 0 bridgehead atoms. The van der Waals surface area contributed by atoms with Crippen LogP contribution in [0, 0.1) is 0 Å². The lowest BCUT2D eigenvalue weighted by Gasteiger charge is -2.01. The smallest absolute Gasteiger partial charge is 0.481 e. The molecule has 86 valence electrons. The average Bonchev–Trinajstić information content (AvgIpc) is 2.27. The van der Waals surface area contributed by atoms with Crippen molar-refractivity contribution < 1.29 is 19.4 Å². The number of hydrogen-bond acceptors (Lipinski definition) is 2. The van der Waals surface area contributed by atoms with Gasteiger partial charge >= 0.3 is 14.0 Å². The molecule has 0 aliphatic heterocycles. The highest BCUT2D eigenvalue weighted by Crippen LogP contribution is 2.24. The van der Waals surface area contributed by atoms with E-state index in [0.717, 1.165) is 5.39 Å². The van der Waals surface area contributed by atoms with Crippen molar-refractivity contribution in [3.8, 4) is 0 Å². The maximum atomic E-state index is 11.4. The summed E-state index contributed by atoms with van der Waals surface area (Å²) in [6, 6.07) is 10.5. The van der Waals surface area contributed by atoms with E-state index in [4.69, 9.17) is 5.11 Å². The van der Waals surface area contributed by atoms with Gasteiger partial charge in [-0.05, 0) is 16.0 Å². The van der Waals surface area contributed by atoms with Crippen molar-refractivity contribution in [1.29, 1.82) is 0 Å². The summed E-state index contributed by atoms with van der Waals surface area (Å²) in [5.74, 6) is -1.02. The monoisotopic (exact) mass is 249 g/mol. The van der Waals surface area contributed by atoms with Gasteiger partial charge in [0.1, 0.15) is 0 Å². The topological polar surface area (TPSA) is 74.6 Å². The Labute approximate surface area is 98.4 Å². The second-order valence-corrected chi connectivity index (χ2v) is 4.63. The maximum Gasteiger partial charge on any atom is 0.547 e. The molecule has 2 N–H and O–H groups in total. The molecule has 1 unspecified atom stereocenters. The molecule has 0 saturated heterocycles. The molecule has 0 spiro atoms. The first-order chi connectivity index (χ1) is 8.09. The van der Waals surface area contributed by atoms with Crippen LogP contribution >= 0.6 is 8.03 Å². The van der Waals surface area contributed by atoms with Gasteiger partial charge in [-0.1, -0.05) is 30.3 Å². The summed E-state index contributed by atoms with van der Waals surface area (Å²) in [6.45, 7) is 0. The van der Waals surface area contributed by atoms with Crippen LogP contribution < -0.4 is 5.30 Å². The molecular weight excluding hydrogens is 239 g/mol. The summed E-state index contributed by atoms with van der Waals surface area (Å²) in [7, 11) is -2.56. The summed E-state index contributed by atoms with van der Waals surface area (Å²) < 4.78 is 11.4. The molecule has 5 heteroatoms. The van der Waals surface area contributed by atoms with Crippen LogP contribution in [0.4, 0.5) is 0 Å². The Morgan fingerprint density at radius 2 is 1.88 bits per heavy atom. The number of carboxylic acids is 1. The fourth-order valence-corrected chi connectivity index (χ4v) is 2.64. The van der Waals surface area contributed by atoms with Crippen molar-refractivity contribution in [2.75, 3.05) is 0 Å². The van der Waals surface area contributed by atoms with Gasteiger partial charge in [0, 0.05) is 10.9 Å². The fraction of sp³-hybridized carbons (Fsp3) is 0.0833. The average molecular weight is 249 g/mol. The van der Waals surface area contributed by atoms with Gasteiger partial charge in [-0.3, -0.25) is 4.79 Å². The van der Waals surface area contributed by atoms with Gasteiger partial charge in [-0.2, -0.15) is 4.89 Å². The first kappa shape index (κ1) is 11.7. The zero-order valence-corrected chi connectivity index (χ0v) is 9.72. The quantitative estimate of drug-likeness (QED) is 0.814. The van der Waals surface area contributed by atoms with Gasteiger partial charge in [0.05, 0.1) is 6.42 Å². The minimum Gasteiger partial charge on any atom is -0.481 e. The van der Waals surface area contributed by atoms with E-state index in [1.165, 1.54) is 0 Å². The number of carbonyl (C=O) groups is 1. The van der Waals surface area contributed by atoms with Crippen LogP contribution in [0.5, 0.6) is 0 Å². The lowest BCUT2D eigenvalue weighted by atomic mass is 10.0. The summed E-state index contributed by atoms with van der Waals surface area (Å²) in [5.41, 5.74) is 0.389. The van der Waals surface area contributed by atoms with E-state index < -0.39 is 14.0 Å². The second-order valence-electron chi connectivity index (χ2n) is 3.64. The molecule has 0 aliphatic carbocycles. The molecule has 2 aromatic rings. The second kappa shape index (κ2) is 4.62. The van der Waals surface area contributed by atoms with Crippen molar-refractivity contribution in [2.45, 2.75) is 6.42 Å².